The second-order valence-corrected chi connectivity index (χ2v) is 7.95. The molecule has 0 aliphatic heterocycles. The molecule has 0 amide bonds. The van der Waals surface area contributed by atoms with Crippen LogP contribution in [-0.2, 0) is 13.5 Å². The number of hydrogen-bond acceptors (Lipinski definition) is 3. The highest BCUT2D eigenvalue weighted by atomic mass is 16.5. The molecule has 1 heterocycles. The zero-order valence-corrected chi connectivity index (χ0v) is 16.7. The maximum Gasteiger partial charge on any atom is 0.122 e. The van der Waals surface area contributed by atoms with E-state index in [9.17, 15) is 5.11 Å². The van der Waals surface area contributed by atoms with Crippen LogP contribution < -0.4 is 10.1 Å². The summed E-state index contributed by atoms with van der Waals surface area (Å²) in [6, 6.07) is 16.3. The highest BCUT2D eigenvalue weighted by Crippen LogP contribution is 2.24. The van der Waals surface area contributed by atoms with E-state index in [1.54, 1.807) is 0 Å². The van der Waals surface area contributed by atoms with Crippen LogP contribution in [0.2, 0.25) is 0 Å². The fraction of sp³-hybridized carbons (Fsp3) is 0.391. The molecule has 0 fully saturated rings. The molecule has 0 radical (unpaired) electrons. The summed E-state index contributed by atoms with van der Waals surface area (Å²) < 4.78 is 7.92. The van der Waals surface area contributed by atoms with Crippen molar-refractivity contribution in [1.29, 1.82) is 0 Å². The number of hydrogen-bond donors (Lipinski definition) is 2. The van der Waals surface area contributed by atoms with Gasteiger partial charge < -0.3 is 19.7 Å². The highest BCUT2D eigenvalue weighted by Gasteiger charge is 2.21. The van der Waals surface area contributed by atoms with Gasteiger partial charge in [0, 0.05) is 36.2 Å². The van der Waals surface area contributed by atoms with E-state index < -0.39 is 6.10 Å². The Hall–Kier alpha value is -2.30. The monoisotopic (exact) mass is 366 g/mol. The topological polar surface area (TPSA) is 46.4 Å². The number of aromatic nitrogens is 1. The van der Waals surface area contributed by atoms with Gasteiger partial charge in [0.2, 0.25) is 0 Å². The van der Waals surface area contributed by atoms with E-state index >= 15 is 0 Å². The molecule has 2 N–H and O–H groups in total. The Bertz CT molecular complexity index is 898. The van der Waals surface area contributed by atoms with Gasteiger partial charge in [0.25, 0.3) is 0 Å². The van der Waals surface area contributed by atoms with E-state index in [0.717, 1.165) is 17.7 Å². The molecule has 3 rings (SSSR count). The lowest BCUT2D eigenvalue weighted by Gasteiger charge is -2.28. The van der Waals surface area contributed by atoms with Crippen LogP contribution in [0.3, 0.4) is 0 Å². The number of β-amino-alcohol motifs (C(OH)–C–C–N with tert-alkyl or cyclic N) is 1. The highest BCUT2D eigenvalue weighted by molar-refractivity contribution is 5.84. The summed E-state index contributed by atoms with van der Waals surface area (Å²) >= 11 is 0. The zero-order valence-electron chi connectivity index (χ0n) is 16.7. The average Bonchev–Trinajstić information content (AvgIpc) is 2.95. The SMILES string of the molecule is Cc1ccccc1OCC(O)CNC(C)(C)Cc1cn(C)c2ccccc12. The predicted octanol–water partition coefficient (Wildman–Crippen LogP) is 3.84. The van der Waals surface area contributed by atoms with Gasteiger partial charge in [0.1, 0.15) is 18.5 Å². The summed E-state index contributed by atoms with van der Waals surface area (Å²) in [6.07, 6.45) is 2.53. The van der Waals surface area contributed by atoms with Crippen LogP contribution in [0, 0.1) is 6.92 Å². The van der Waals surface area contributed by atoms with E-state index in [2.05, 4.69) is 61.2 Å². The van der Waals surface area contributed by atoms with Crippen molar-refractivity contribution < 1.29 is 9.84 Å². The van der Waals surface area contributed by atoms with Gasteiger partial charge in [-0.25, -0.2) is 0 Å². The Morgan fingerprint density at radius 3 is 2.59 bits per heavy atom. The molecular formula is C23H30N2O2. The average molecular weight is 367 g/mol. The van der Waals surface area contributed by atoms with E-state index in [-0.39, 0.29) is 12.1 Å². The molecule has 4 nitrogen and oxygen atoms in total. The molecule has 4 heteroatoms. The molecule has 2 aromatic carbocycles. The van der Waals surface area contributed by atoms with Gasteiger partial charge in [-0.3, -0.25) is 0 Å². The van der Waals surface area contributed by atoms with E-state index in [0.29, 0.717) is 6.54 Å². The first-order chi connectivity index (χ1) is 12.9. The van der Waals surface area contributed by atoms with Gasteiger partial charge in [-0.2, -0.15) is 0 Å². The number of para-hydroxylation sites is 2. The van der Waals surface area contributed by atoms with Crippen LogP contribution in [-0.4, -0.2) is 34.5 Å². The summed E-state index contributed by atoms with van der Waals surface area (Å²) in [6.45, 7) is 7.12. The second-order valence-electron chi connectivity index (χ2n) is 7.95. The number of aliphatic hydroxyl groups is 1. The lowest BCUT2D eigenvalue weighted by atomic mass is 9.94. The van der Waals surface area contributed by atoms with Crippen LogP contribution >= 0.6 is 0 Å². The first-order valence-corrected chi connectivity index (χ1v) is 9.50. The Labute approximate surface area is 161 Å². The molecule has 1 aromatic heterocycles. The predicted molar refractivity (Wildman–Crippen MR) is 111 cm³/mol. The van der Waals surface area contributed by atoms with Crippen molar-refractivity contribution in [3.63, 3.8) is 0 Å². The lowest BCUT2D eigenvalue weighted by molar-refractivity contribution is 0.0985. The molecule has 0 saturated heterocycles. The van der Waals surface area contributed by atoms with Crippen molar-refractivity contribution in [2.75, 3.05) is 13.2 Å². The fourth-order valence-corrected chi connectivity index (χ4v) is 3.46. The van der Waals surface area contributed by atoms with E-state index in [1.165, 1.54) is 16.5 Å². The molecule has 1 atom stereocenters. The van der Waals surface area contributed by atoms with Crippen LogP contribution in [0.1, 0.15) is 25.0 Å². The molecule has 27 heavy (non-hydrogen) atoms. The molecule has 0 bridgehead atoms. The quantitative estimate of drug-likeness (QED) is 0.637. The van der Waals surface area contributed by atoms with E-state index in [4.69, 9.17) is 4.74 Å². The van der Waals surface area contributed by atoms with Crippen molar-refractivity contribution in [2.24, 2.45) is 7.05 Å². The molecule has 0 saturated carbocycles. The minimum absolute atomic E-state index is 0.131. The Morgan fingerprint density at radius 2 is 1.81 bits per heavy atom. The number of aliphatic hydroxyl groups excluding tert-OH is 1. The summed E-state index contributed by atoms with van der Waals surface area (Å²) in [5.74, 6) is 0.826. The van der Waals surface area contributed by atoms with Crippen LogP contribution in [0.25, 0.3) is 10.9 Å². The number of rotatable bonds is 8. The van der Waals surface area contributed by atoms with Crippen molar-refractivity contribution in [3.8, 4) is 5.75 Å². The Morgan fingerprint density at radius 1 is 1.11 bits per heavy atom. The van der Waals surface area contributed by atoms with Crippen molar-refractivity contribution in [2.45, 2.75) is 38.8 Å². The number of nitrogens with zero attached hydrogens (tertiary/aromatic N) is 1. The largest absolute Gasteiger partial charge is 0.491 e. The molecule has 0 aliphatic rings. The van der Waals surface area contributed by atoms with Crippen LogP contribution in [0.15, 0.2) is 54.7 Å². The Kier molecular flexibility index (Phi) is 5.88. The standard InChI is InChI=1S/C23H30N2O2/c1-17-9-5-8-12-22(17)27-16-19(26)14-24-23(2,3)13-18-15-25(4)21-11-7-6-10-20(18)21/h5-12,15,19,24,26H,13-14,16H2,1-4H3. The number of ether oxygens (including phenoxy) is 1. The summed E-state index contributed by atoms with van der Waals surface area (Å²) in [7, 11) is 2.08. The van der Waals surface area contributed by atoms with Gasteiger partial charge in [0.05, 0.1) is 0 Å². The van der Waals surface area contributed by atoms with E-state index in [1.807, 2.05) is 31.2 Å². The number of fused-ring (bicyclic) bond motifs is 1. The van der Waals surface area contributed by atoms with Crippen molar-refractivity contribution >= 4 is 10.9 Å². The number of aryl methyl sites for hydroxylation is 2. The normalized spacial score (nSPS) is 13.1. The number of benzene rings is 2. The molecular weight excluding hydrogens is 336 g/mol. The first-order valence-electron chi connectivity index (χ1n) is 9.50. The van der Waals surface area contributed by atoms with Crippen molar-refractivity contribution in [3.05, 3.63) is 65.9 Å². The molecule has 3 aromatic rings. The third-order valence-electron chi connectivity index (χ3n) is 4.95. The van der Waals surface area contributed by atoms with Crippen molar-refractivity contribution in [1.82, 2.24) is 9.88 Å². The lowest BCUT2D eigenvalue weighted by Crippen LogP contribution is -2.46. The smallest absolute Gasteiger partial charge is 0.122 e. The van der Waals surface area contributed by atoms with Gasteiger partial charge in [0.15, 0.2) is 0 Å². The number of nitrogens with one attached hydrogen (secondary N) is 1. The zero-order chi connectivity index (χ0) is 19.4. The molecule has 0 spiro atoms. The van der Waals surface area contributed by atoms with Gasteiger partial charge in [-0.05, 0) is 50.5 Å². The molecule has 0 aliphatic carbocycles. The van der Waals surface area contributed by atoms with Gasteiger partial charge in [-0.15, -0.1) is 0 Å². The Balaban J connectivity index is 1.55. The molecule has 1 unspecified atom stereocenters. The maximum atomic E-state index is 10.3. The molecule has 144 valence electrons. The minimum atomic E-state index is -0.559. The minimum Gasteiger partial charge on any atom is -0.491 e. The fourth-order valence-electron chi connectivity index (χ4n) is 3.46. The summed E-state index contributed by atoms with van der Waals surface area (Å²) in [4.78, 5) is 0. The van der Waals surface area contributed by atoms with Gasteiger partial charge in [-0.1, -0.05) is 36.4 Å². The first kappa shape index (κ1) is 19.5. The maximum absolute atomic E-state index is 10.3. The third-order valence-corrected chi connectivity index (χ3v) is 4.95. The van der Waals surface area contributed by atoms with Crippen LogP contribution in [0.5, 0.6) is 5.75 Å². The summed E-state index contributed by atoms with van der Waals surface area (Å²) in [5.41, 5.74) is 3.51. The third kappa shape index (κ3) is 4.90. The van der Waals surface area contributed by atoms with Crippen LogP contribution in [0.4, 0.5) is 0 Å². The second kappa shape index (κ2) is 8.15. The summed E-state index contributed by atoms with van der Waals surface area (Å²) in [5, 5.41) is 15.1. The van der Waals surface area contributed by atoms with Gasteiger partial charge >= 0.3 is 0 Å².